The van der Waals surface area contributed by atoms with Gasteiger partial charge in [-0.25, -0.2) is 0 Å². The summed E-state index contributed by atoms with van der Waals surface area (Å²) >= 11 is 0. The van der Waals surface area contributed by atoms with Crippen molar-refractivity contribution in [3.05, 3.63) is 59.2 Å². The lowest BCUT2D eigenvalue weighted by Gasteiger charge is -2.10. The second-order valence-electron chi connectivity index (χ2n) is 4.98. The molecule has 1 aliphatic carbocycles. The van der Waals surface area contributed by atoms with Crippen molar-refractivity contribution in [3.8, 4) is 0 Å². The lowest BCUT2D eigenvalue weighted by atomic mass is 10.1. The molecule has 0 aromatic heterocycles. The Kier molecular flexibility index (Phi) is 3.39. The molecule has 4 heteroatoms. The van der Waals surface area contributed by atoms with E-state index in [1.807, 2.05) is 18.2 Å². The molecule has 20 heavy (non-hydrogen) atoms. The lowest BCUT2D eigenvalue weighted by Crippen LogP contribution is -2.17. The summed E-state index contributed by atoms with van der Waals surface area (Å²) in [5, 5.41) is 2.93. The van der Waals surface area contributed by atoms with Gasteiger partial charge >= 0.3 is 0 Å². The van der Waals surface area contributed by atoms with E-state index < -0.39 is 0 Å². The number of hydrogen-bond acceptors (Lipinski definition) is 3. The Morgan fingerprint density at radius 1 is 1.05 bits per heavy atom. The Morgan fingerprint density at radius 2 is 1.85 bits per heavy atom. The molecule has 3 rings (SSSR count). The van der Waals surface area contributed by atoms with Gasteiger partial charge in [-0.15, -0.1) is 0 Å². The summed E-state index contributed by atoms with van der Waals surface area (Å²) in [6.45, 7) is 0. The van der Waals surface area contributed by atoms with Crippen molar-refractivity contribution in [2.45, 2.75) is 19.3 Å². The van der Waals surface area contributed by atoms with Gasteiger partial charge in [0.05, 0.1) is 11.3 Å². The third-order valence-corrected chi connectivity index (χ3v) is 3.68. The molecule has 0 spiro atoms. The number of aryl methyl sites for hydroxylation is 2. The van der Waals surface area contributed by atoms with E-state index in [0.29, 0.717) is 11.3 Å². The van der Waals surface area contributed by atoms with Crippen LogP contribution >= 0.6 is 0 Å². The first-order chi connectivity index (χ1) is 9.78. The van der Waals surface area contributed by atoms with Gasteiger partial charge in [-0.1, -0.05) is 18.2 Å². The monoisotopic (exact) mass is 267 g/mol. The van der Waals surface area contributed by atoms with Crippen molar-refractivity contribution in [2.75, 3.05) is 10.7 Å². The van der Waals surface area contributed by atoms with Gasteiger partial charge < -0.3 is 10.7 Å². The zero-order valence-corrected chi connectivity index (χ0v) is 11.1. The Hall–Kier alpha value is -2.33. The molecule has 4 nitrogen and oxygen atoms in total. The van der Waals surface area contributed by atoms with Gasteiger partial charge in [0.15, 0.2) is 0 Å². The lowest BCUT2D eigenvalue weighted by molar-refractivity contribution is 0.102. The van der Waals surface area contributed by atoms with Crippen LogP contribution in [0, 0.1) is 0 Å². The Bertz CT molecular complexity index is 652. The van der Waals surface area contributed by atoms with Crippen molar-refractivity contribution in [3.63, 3.8) is 0 Å². The number of nitrogen functional groups attached to an aromatic ring is 1. The average molecular weight is 267 g/mol. The predicted octanol–water partition coefficient (Wildman–Crippen LogP) is 2.71. The number of nitrogens with one attached hydrogen (secondary N) is 2. The number of nitrogens with two attached hydrogens (primary N) is 1. The first kappa shape index (κ1) is 12.7. The highest BCUT2D eigenvalue weighted by Crippen LogP contribution is 2.25. The summed E-state index contributed by atoms with van der Waals surface area (Å²) in [7, 11) is 0. The van der Waals surface area contributed by atoms with Gasteiger partial charge in [0.25, 0.3) is 5.91 Å². The number of anilines is 2. The molecule has 102 valence electrons. The molecule has 0 bridgehead atoms. The van der Waals surface area contributed by atoms with Gasteiger partial charge in [-0.2, -0.15) is 0 Å². The van der Waals surface area contributed by atoms with E-state index in [0.717, 1.165) is 18.5 Å². The third-order valence-electron chi connectivity index (χ3n) is 3.68. The number of hydrazine groups is 1. The zero-order chi connectivity index (χ0) is 13.9. The van der Waals surface area contributed by atoms with E-state index in [2.05, 4.69) is 22.9 Å². The van der Waals surface area contributed by atoms with Crippen molar-refractivity contribution in [2.24, 2.45) is 5.84 Å². The smallest absolute Gasteiger partial charge is 0.257 e. The van der Waals surface area contributed by atoms with Gasteiger partial charge in [-0.3, -0.25) is 10.6 Å². The van der Waals surface area contributed by atoms with Crippen LogP contribution in [-0.2, 0) is 12.8 Å². The number of carbonyl (C=O) groups excluding carboxylic acids is 1. The molecule has 1 amide bonds. The molecule has 0 radical (unpaired) electrons. The maximum absolute atomic E-state index is 12.3. The fourth-order valence-electron chi connectivity index (χ4n) is 2.65. The number of amides is 1. The molecule has 2 aromatic carbocycles. The maximum atomic E-state index is 12.3. The molecular weight excluding hydrogens is 250 g/mol. The van der Waals surface area contributed by atoms with Crippen LogP contribution in [0.5, 0.6) is 0 Å². The van der Waals surface area contributed by atoms with E-state index in [9.17, 15) is 4.79 Å². The summed E-state index contributed by atoms with van der Waals surface area (Å²) in [6, 6.07) is 13.3. The SMILES string of the molecule is NNc1ccccc1C(=O)Nc1ccc2c(c1)CCC2. The zero-order valence-electron chi connectivity index (χ0n) is 11.1. The molecular formula is C16H17N3O. The van der Waals surface area contributed by atoms with E-state index in [1.165, 1.54) is 17.5 Å². The van der Waals surface area contributed by atoms with Crippen LogP contribution in [-0.4, -0.2) is 5.91 Å². The Morgan fingerprint density at radius 3 is 2.70 bits per heavy atom. The molecule has 0 fully saturated rings. The molecule has 0 aliphatic heterocycles. The minimum atomic E-state index is -0.156. The van der Waals surface area contributed by atoms with Crippen molar-refractivity contribution < 1.29 is 4.79 Å². The number of para-hydroxylation sites is 1. The molecule has 1 aliphatic rings. The van der Waals surface area contributed by atoms with Crippen LogP contribution in [0.15, 0.2) is 42.5 Å². The van der Waals surface area contributed by atoms with Gasteiger partial charge in [0, 0.05) is 5.69 Å². The summed E-state index contributed by atoms with van der Waals surface area (Å²) in [4.78, 5) is 12.3. The summed E-state index contributed by atoms with van der Waals surface area (Å²) < 4.78 is 0. The standard InChI is InChI=1S/C16H17N3O/c17-19-15-7-2-1-6-14(15)16(20)18-13-9-8-11-4-3-5-12(11)10-13/h1-2,6-10,19H,3-5,17H2,(H,18,20). The minimum Gasteiger partial charge on any atom is -0.323 e. The highest BCUT2D eigenvalue weighted by atomic mass is 16.1. The van der Waals surface area contributed by atoms with E-state index in [-0.39, 0.29) is 5.91 Å². The first-order valence-electron chi connectivity index (χ1n) is 6.77. The Labute approximate surface area is 118 Å². The van der Waals surface area contributed by atoms with Crippen molar-refractivity contribution >= 4 is 17.3 Å². The second kappa shape index (κ2) is 5.35. The largest absolute Gasteiger partial charge is 0.323 e. The summed E-state index contributed by atoms with van der Waals surface area (Å²) in [5.74, 6) is 5.27. The van der Waals surface area contributed by atoms with Crippen LogP contribution in [0.4, 0.5) is 11.4 Å². The second-order valence-corrected chi connectivity index (χ2v) is 4.98. The number of benzene rings is 2. The number of carbonyl (C=O) groups is 1. The fraction of sp³-hybridized carbons (Fsp3) is 0.188. The van der Waals surface area contributed by atoms with Crippen LogP contribution in [0.3, 0.4) is 0 Å². The van der Waals surface area contributed by atoms with Gasteiger partial charge in [-0.05, 0) is 54.7 Å². The molecule has 0 heterocycles. The van der Waals surface area contributed by atoms with Crippen LogP contribution in [0.1, 0.15) is 27.9 Å². The highest BCUT2D eigenvalue weighted by molar-refractivity contribution is 6.08. The molecule has 0 atom stereocenters. The van der Waals surface area contributed by atoms with Crippen LogP contribution in [0.25, 0.3) is 0 Å². The van der Waals surface area contributed by atoms with E-state index in [4.69, 9.17) is 5.84 Å². The van der Waals surface area contributed by atoms with Crippen LogP contribution in [0.2, 0.25) is 0 Å². The van der Waals surface area contributed by atoms with E-state index >= 15 is 0 Å². The summed E-state index contributed by atoms with van der Waals surface area (Å²) in [5.41, 5.74) is 7.27. The molecule has 0 saturated carbocycles. The van der Waals surface area contributed by atoms with E-state index in [1.54, 1.807) is 12.1 Å². The van der Waals surface area contributed by atoms with Crippen molar-refractivity contribution in [1.29, 1.82) is 0 Å². The normalized spacial score (nSPS) is 12.8. The quantitative estimate of drug-likeness (QED) is 0.591. The molecule has 2 aromatic rings. The summed E-state index contributed by atoms with van der Waals surface area (Å²) in [6.07, 6.45) is 3.44. The highest BCUT2D eigenvalue weighted by Gasteiger charge is 2.14. The predicted molar refractivity (Wildman–Crippen MR) is 80.7 cm³/mol. The molecule has 4 N–H and O–H groups in total. The topological polar surface area (TPSA) is 67.1 Å². The Balaban J connectivity index is 1.82. The maximum Gasteiger partial charge on any atom is 0.257 e. The molecule has 0 saturated heterocycles. The fourth-order valence-corrected chi connectivity index (χ4v) is 2.65. The number of fused-ring (bicyclic) bond motifs is 1. The van der Waals surface area contributed by atoms with Crippen LogP contribution < -0.4 is 16.6 Å². The number of hydrogen-bond donors (Lipinski definition) is 3. The average Bonchev–Trinajstić information content (AvgIpc) is 2.94. The molecule has 0 unspecified atom stereocenters. The van der Waals surface area contributed by atoms with Gasteiger partial charge in [0.1, 0.15) is 0 Å². The first-order valence-corrected chi connectivity index (χ1v) is 6.77. The van der Waals surface area contributed by atoms with Gasteiger partial charge in [0.2, 0.25) is 0 Å². The van der Waals surface area contributed by atoms with Crippen molar-refractivity contribution in [1.82, 2.24) is 0 Å². The minimum absolute atomic E-state index is 0.156. The number of rotatable bonds is 3. The third kappa shape index (κ3) is 2.38.